The van der Waals surface area contributed by atoms with Crippen LogP contribution in [0.3, 0.4) is 0 Å². The van der Waals surface area contributed by atoms with Crippen LogP contribution in [0.5, 0.6) is 0 Å². The molecule has 0 radical (unpaired) electrons. The van der Waals surface area contributed by atoms with Gasteiger partial charge in [0.15, 0.2) is 5.13 Å². The molecule has 3 nitrogen and oxygen atoms in total. The standard InChI is InChI=1S/C14H25N3S/c1-5-17(9-10-6-7-10)13-16-12(14(2,3)4)11(8-15)18-13/h10H,5-9,15H2,1-4H3. The van der Waals surface area contributed by atoms with Crippen LogP contribution in [0.2, 0.25) is 0 Å². The van der Waals surface area contributed by atoms with Gasteiger partial charge in [0.05, 0.1) is 5.69 Å². The van der Waals surface area contributed by atoms with Gasteiger partial charge in [-0.1, -0.05) is 20.8 Å². The first-order valence-electron chi connectivity index (χ1n) is 6.91. The van der Waals surface area contributed by atoms with Crippen molar-refractivity contribution in [2.75, 3.05) is 18.0 Å². The minimum atomic E-state index is 0.0858. The molecule has 0 aliphatic heterocycles. The Labute approximate surface area is 114 Å². The third-order valence-corrected chi connectivity index (χ3v) is 4.55. The first-order valence-corrected chi connectivity index (χ1v) is 7.72. The summed E-state index contributed by atoms with van der Waals surface area (Å²) in [7, 11) is 0. The number of hydrogen-bond donors (Lipinski definition) is 1. The molecule has 0 unspecified atom stereocenters. The molecule has 2 N–H and O–H groups in total. The maximum Gasteiger partial charge on any atom is 0.185 e. The summed E-state index contributed by atoms with van der Waals surface area (Å²) in [5.41, 5.74) is 7.13. The molecule has 102 valence electrons. The van der Waals surface area contributed by atoms with E-state index in [9.17, 15) is 0 Å². The SMILES string of the molecule is CCN(CC1CC1)c1nc(C(C)(C)C)c(CN)s1. The lowest BCUT2D eigenvalue weighted by Crippen LogP contribution is -2.25. The number of nitrogens with two attached hydrogens (primary N) is 1. The molecule has 0 spiro atoms. The zero-order chi connectivity index (χ0) is 13.3. The van der Waals surface area contributed by atoms with Crippen LogP contribution in [0.4, 0.5) is 5.13 Å². The van der Waals surface area contributed by atoms with Crippen LogP contribution in [0.25, 0.3) is 0 Å². The van der Waals surface area contributed by atoms with Crippen molar-refractivity contribution in [3.8, 4) is 0 Å². The van der Waals surface area contributed by atoms with Crippen LogP contribution in [-0.4, -0.2) is 18.1 Å². The predicted octanol–water partition coefficient (Wildman–Crippen LogP) is 3.14. The van der Waals surface area contributed by atoms with Crippen LogP contribution < -0.4 is 10.6 Å². The lowest BCUT2D eigenvalue weighted by atomic mass is 9.91. The van der Waals surface area contributed by atoms with Crippen molar-refractivity contribution in [3.05, 3.63) is 10.6 Å². The normalized spacial score (nSPS) is 16.1. The number of rotatable bonds is 5. The number of nitrogens with zero attached hydrogens (tertiary/aromatic N) is 2. The quantitative estimate of drug-likeness (QED) is 0.891. The summed E-state index contributed by atoms with van der Waals surface area (Å²) in [6, 6.07) is 0. The average molecular weight is 267 g/mol. The largest absolute Gasteiger partial charge is 0.348 e. The molecule has 0 atom stereocenters. The fourth-order valence-electron chi connectivity index (χ4n) is 2.15. The second-order valence-corrected chi connectivity index (χ2v) is 7.27. The van der Waals surface area contributed by atoms with E-state index < -0.39 is 0 Å². The van der Waals surface area contributed by atoms with Gasteiger partial charge in [-0.25, -0.2) is 4.98 Å². The number of anilines is 1. The molecule has 18 heavy (non-hydrogen) atoms. The summed E-state index contributed by atoms with van der Waals surface area (Å²) in [6.45, 7) is 11.6. The highest BCUT2D eigenvalue weighted by Gasteiger charge is 2.27. The van der Waals surface area contributed by atoms with E-state index in [2.05, 4.69) is 32.6 Å². The van der Waals surface area contributed by atoms with Crippen molar-refractivity contribution in [1.82, 2.24) is 4.98 Å². The van der Waals surface area contributed by atoms with Crippen molar-refractivity contribution in [2.45, 2.75) is 52.5 Å². The first-order chi connectivity index (χ1) is 8.45. The second kappa shape index (κ2) is 5.17. The Kier molecular flexibility index (Phi) is 3.97. The highest BCUT2D eigenvalue weighted by atomic mass is 32.1. The fraction of sp³-hybridized carbons (Fsp3) is 0.786. The third kappa shape index (κ3) is 3.04. The van der Waals surface area contributed by atoms with Gasteiger partial charge in [0.2, 0.25) is 0 Å². The molecular formula is C14H25N3S. The molecule has 0 saturated heterocycles. The van der Waals surface area contributed by atoms with Crippen LogP contribution in [0.1, 0.15) is 51.1 Å². The molecule has 0 amide bonds. The van der Waals surface area contributed by atoms with E-state index in [0.29, 0.717) is 6.54 Å². The third-order valence-electron chi connectivity index (χ3n) is 3.41. The maximum atomic E-state index is 5.87. The highest BCUT2D eigenvalue weighted by Crippen LogP contribution is 2.36. The average Bonchev–Trinajstić information content (AvgIpc) is 3.00. The van der Waals surface area contributed by atoms with Gasteiger partial charge in [0.1, 0.15) is 0 Å². The van der Waals surface area contributed by atoms with E-state index in [0.717, 1.165) is 24.1 Å². The summed E-state index contributed by atoms with van der Waals surface area (Å²) < 4.78 is 0. The Bertz CT molecular complexity index is 402. The molecule has 1 saturated carbocycles. The van der Waals surface area contributed by atoms with Crippen LogP contribution in [0.15, 0.2) is 0 Å². The predicted molar refractivity (Wildman–Crippen MR) is 79.3 cm³/mol. The van der Waals surface area contributed by atoms with E-state index in [4.69, 9.17) is 10.7 Å². The Morgan fingerprint density at radius 2 is 2.06 bits per heavy atom. The molecule has 1 aliphatic rings. The summed E-state index contributed by atoms with van der Waals surface area (Å²) in [6.07, 6.45) is 2.77. The van der Waals surface area contributed by atoms with Crippen molar-refractivity contribution in [3.63, 3.8) is 0 Å². The maximum absolute atomic E-state index is 5.87. The van der Waals surface area contributed by atoms with Gasteiger partial charge >= 0.3 is 0 Å². The highest BCUT2D eigenvalue weighted by molar-refractivity contribution is 7.15. The summed E-state index contributed by atoms with van der Waals surface area (Å²) in [5, 5.41) is 1.16. The lowest BCUT2D eigenvalue weighted by Gasteiger charge is -2.20. The Morgan fingerprint density at radius 1 is 1.39 bits per heavy atom. The van der Waals surface area contributed by atoms with Crippen molar-refractivity contribution >= 4 is 16.5 Å². The molecule has 1 aromatic rings. The molecule has 1 fully saturated rings. The van der Waals surface area contributed by atoms with E-state index >= 15 is 0 Å². The van der Waals surface area contributed by atoms with Gasteiger partial charge in [-0.2, -0.15) is 0 Å². The molecule has 0 bridgehead atoms. The fourth-order valence-corrected chi connectivity index (χ4v) is 3.38. The molecule has 1 aliphatic carbocycles. The summed E-state index contributed by atoms with van der Waals surface area (Å²) in [5.74, 6) is 0.897. The van der Waals surface area contributed by atoms with E-state index in [1.165, 1.54) is 23.4 Å². The molecule has 0 aromatic carbocycles. The smallest absolute Gasteiger partial charge is 0.185 e. The van der Waals surface area contributed by atoms with Gasteiger partial charge in [0, 0.05) is 29.9 Å². The van der Waals surface area contributed by atoms with Crippen molar-refractivity contribution in [1.29, 1.82) is 0 Å². The van der Waals surface area contributed by atoms with Gasteiger partial charge in [-0.3, -0.25) is 0 Å². The Morgan fingerprint density at radius 3 is 2.44 bits per heavy atom. The van der Waals surface area contributed by atoms with Gasteiger partial charge in [0.25, 0.3) is 0 Å². The van der Waals surface area contributed by atoms with Crippen molar-refractivity contribution < 1.29 is 0 Å². The zero-order valence-electron chi connectivity index (χ0n) is 12.0. The topological polar surface area (TPSA) is 42.2 Å². The van der Waals surface area contributed by atoms with Crippen LogP contribution >= 0.6 is 11.3 Å². The lowest BCUT2D eigenvalue weighted by molar-refractivity contribution is 0.565. The van der Waals surface area contributed by atoms with Crippen LogP contribution in [-0.2, 0) is 12.0 Å². The minimum Gasteiger partial charge on any atom is -0.348 e. The Balaban J connectivity index is 2.24. The summed E-state index contributed by atoms with van der Waals surface area (Å²) >= 11 is 1.78. The minimum absolute atomic E-state index is 0.0858. The van der Waals surface area contributed by atoms with Gasteiger partial charge in [-0.15, -0.1) is 11.3 Å². The number of thiazole rings is 1. The van der Waals surface area contributed by atoms with E-state index in [1.54, 1.807) is 11.3 Å². The van der Waals surface area contributed by atoms with Crippen molar-refractivity contribution in [2.24, 2.45) is 11.7 Å². The molecule has 1 aromatic heterocycles. The van der Waals surface area contributed by atoms with E-state index in [-0.39, 0.29) is 5.41 Å². The molecule has 1 heterocycles. The van der Waals surface area contributed by atoms with Gasteiger partial charge in [-0.05, 0) is 25.7 Å². The molecule has 2 rings (SSSR count). The second-order valence-electron chi connectivity index (χ2n) is 6.20. The first kappa shape index (κ1) is 13.8. The van der Waals surface area contributed by atoms with Gasteiger partial charge < -0.3 is 10.6 Å². The monoisotopic (exact) mass is 267 g/mol. The molecular weight excluding hydrogens is 242 g/mol. The number of hydrogen-bond acceptors (Lipinski definition) is 4. The van der Waals surface area contributed by atoms with E-state index in [1.807, 2.05) is 0 Å². The Hall–Kier alpha value is -0.610. The molecule has 4 heteroatoms. The number of aromatic nitrogens is 1. The summed E-state index contributed by atoms with van der Waals surface area (Å²) in [4.78, 5) is 8.52. The van der Waals surface area contributed by atoms with Crippen LogP contribution in [0, 0.1) is 5.92 Å². The zero-order valence-corrected chi connectivity index (χ0v) is 12.8.